The number of anilines is 1. The Hall–Kier alpha value is -1.59. The fraction of sp³-hybridized carbons (Fsp3) is 0.308. The van der Waals surface area contributed by atoms with Gasteiger partial charge in [-0.1, -0.05) is 6.07 Å². The molecular weight excluding hydrogens is 246 g/mol. The molecule has 18 heavy (non-hydrogen) atoms. The van der Waals surface area contributed by atoms with Crippen molar-refractivity contribution in [1.82, 2.24) is 9.47 Å². The van der Waals surface area contributed by atoms with Crippen molar-refractivity contribution in [1.29, 1.82) is 0 Å². The van der Waals surface area contributed by atoms with Gasteiger partial charge in [-0.25, -0.2) is 0 Å². The Morgan fingerprint density at radius 2 is 2.22 bits per heavy atom. The molecule has 0 aliphatic rings. The van der Waals surface area contributed by atoms with Crippen molar-refractivity contribution in [2.24, 2.45) is 0 Å². The van der Waals surface area contributed by atoms with Gasteiger partial charge in [0.15, 0.2) is 0 Å². The van der Waals surface area contributed by atoms with Gasteiger partial charge in [-0.15, -0.1) is 11.3 Å². The van der Waals surface area contributed by atoms with Gasteiger partial charge in [0.25, 0.3) is 5.56 Å². The van der Waals surface area contributed by atoms with Crippen LogP contribution in [0, 0.1) is 0 Å². The van der Waals surface area contributed by atoms with Crippen molar-refractivity contribution < 1.29 is 0 Å². The summed E-state index contributed by atoms with van der Waals surface area (Å²) in [6.45, 7) is 2.39. The molecule has 4 nitrogen and oxygen atoms in total. The third-order valence-corrected chi connectivity index (χ3v) is 3.60. The first kappa shape index (κ1) is 12.9. The fourth-order valence-corrected chi connectivity index (χ4v) is 2.53. The average molecular weight is 263 g/mol. The minimum absolute atomic E-state index is 0.00581. The van der Waals surface area contributed by atoms with E-state index in [0.29, 0.717) is 12.2 Å². The SMILES string of the molecule is CN(CCn1cc(N)ccc1=O)Cc1cccs1. The van der Waals surface area contributed by atoms with E-state index in [1.807, 2.05) is 0 Å². The zero-order valence-electron chi connectivity index (χ0n) is 10.4. The second kappa shape index (κ2) is 5.84. The molecule has 5 heteroatoms. The summed E-state index contributed by atoms with van der Waals surface area (Å²) in [4.78, 5) is 15.1. The van der Waals surface area contributed by atoms with Crippen molar-refractivity contribution in [3.05, 3.63) is 51.1 Å². The molecule has 0 saturated heterocycles. The number of rotatable bonds is 5. The van der Waals surface area contributed by atoms with E-state index in [-0.39, 0.29) is 5.56 Å². The molecule has 0 saturated carbocycles. The van der Waals surface area contributed by atoms with Crippen LogP contribution >= 0.6 is 11.3 Å². The summed E-state index contributed by atoms with van der Waals surface area (Å²) in [7, 11) is 2.05. The number of hydrogen-bond acceptors (Lipinski definition) is 4. The third-order valence-electron chi connectivity index (χ3n) is 2.73. The molecule has 2 aromatic rings. The van der Waals surface area contributed by atoms with E-state index in [1.54, 1.807) is 28.2 Å². The summed E-state index contributed by atoms with van der Waals surface area (Å²) in [5, 5.41) is 2.07. The lowest BCUT2D eigenvalue weighted by atomic mass is 10.4. The summed E-state index contributed by atoms with van der Waals surface area (Å²) >= 11 is 1.75. The molecule has 2 aromatic heterocycles. The highest BCUT2D eigenvalue weighted by atomic mass is 32.1. The Kier molecular flexibility index (Phi) is 4.17. The molecular formula is C13H17N3OS. The van der Waals surface area contributed by atoms with Gasteiger partial charge >= 0.3 is 0 Å². The van der Waals surface area contributed by atoms with Crippen LogP contribution in [0.25, 0.3) is 0 Å². The van der Waals surface area contributed by atoms with Crippen LogP contribution in [0.4, 0.5) is 5.69 Å². The Bertz CT molecular complexity index is 548. The first-order valence-corrected chi connectivity index (χ1v) is 6.70. The van der Waals surface area contributed by atoms with E-state index in [9.17, 15) is 4.79 Å². The molecule has 0 aromatic carbocycles. The van der Waals surface area contributed by atoms with E-state index in [0.717, 1.165) is 13.1 Å². The zero-order valence-corrected chi connectivity index (χ0v) is 11.2. The van der Waals surface area contributed by atoms with E-state index in [4.69, 9.17) is 5.73 Å². The first-order valence-electron chi connectivity index (χ1n) is 5.82. The summed E-state index contributed by atoms with van der Waals surface area (Å²) in [5.74, 6) is 0. The average Bonchev–Trinajstić information content (AvgIpc) is 2.83. The fourth-order valence-electron chi connectivity index (χ4n) is 1.75. The van der Waals surface area contributed by atoms with Crippen molar-refractivity contribution >= 4 is 17.0 Å². The molecule has 2 N–H and O–H groups in total. The van der Waals surface area contributed by atoms with Gasteiger partial charge in [-0.05, 0) is 24.6 Å². The van der Waals surface area contributed by atoms with Gasteiger partial charge < -0.3 is 10.3 Å². The Morgan fingerprint density at radius 1 is 1.39 bits per heavy atom. The maximum absolute atomic E-state index is 11.6. The highest BCUT2D eigenvalue weighted by molar-refractivity contribution is 7.09. The van der Waals surface area contributed by atoms with E-state index >= 15 is 0 Å². The molecule has 2 rings (SSSR count). The molecule has 0 bridgehead atoms. The van der Waals surface area contributed by atoms with Crippen molar-refractivity contribution in [3.63, 3.8) is 0 Å². The number of nitrogen functional groups attached to an aromatic ring is 1. The number of pyridine rings is 1. The molecule has 0 aliphatic carbocycles. The van der Waals surface area contributed by atoms with Gasteiger partial charge in [0.2, 0.25) is 0 Å². The number of nitrogens with two attached hydrogens (primary N) is 1. The smallest absolute Gasteiger partial charge is 0.250 e. The lowest BCUT2D eigenvalue weighted by Crippen LogP contribution is -2.27. The monoisotopic (exact) mass is 263 g/mol. The standard InChI is InChI=1S/C13H17N3OS/c1-15(10-12-3-2-8-18-12)6-7-16-9-11(14)4-5-13(16)17/h2-5,8-9H,6-7,10,14H2,1H3. The summed E-state index contributed by atoms with van der Waals surface area (Å²) in [6, 6.07) is 7.31. The van der Waals surface area contributed by atoms with Crippen molar-refractivity contribution in [2.75, 3.05) is 19.3 Å². The Morgan fingerprint density at radius 3 is 2.94 bits per heavy atom. The van der Waals surface area contributed by atoms with Crippen LogP contribution in [0.3, 0.4) is 0 Å². The largest absolute Gasteiger partial charge is 0.398 e. The van der Waals surface area contributed by atoms with Crippen LogP contribution in [-0.4, -0.2) is 23.1 Å². The van der Waals surface area contributed by atoms with Gasteiger partial charge in [-0.2, -0.15) is 0 Å². The molecule has 0 aliphatic heterocycles. The lowest BCUT2D eigenvalue weighted by molar-refractivity contribution is 0.312. The van der Waals surface area contributed by atoms with Gasteiger partial charge in [0, 0.05) is 42.5 Å². The second-order valence-corrected chi connectivity index (χ2v) is 5.34. The topological polar surface area (TPSA) is 51.3 Å². The molecule has 0 atom stereocenters. The first-order chi connectivity index (χ1) is 8.65. The molecule has 2 heterocycles. The normalized spacial score (nSPS) is 11.0. The molecule has 96 valence electrons. The van der Waals surface area contributed by atoms with Crippen molar-refractivity contribution in [2.45, 2.75) is 13.1 Å². The lowest BCUT2D eigenvalue weighted by Gasteiger charge is -2.16. The van der Waals surface area contributed by atoms with Crippen LogP contribution in [0.5, 0.6) is 0 Å². The molecule has 0 amide bonds. The van der Waals surface area contributed by atoms with Gasteiger partial charge in [0.1, 0.15) is 0 Å². The van der Waals surface area contributed by atoms with E-state index < -0.39 is 0 Å². The van der Waals surface area contributed by atoms with E-state index in [1.165, 1.54) is 10.9 Å². The Balaban J connectivity index is 1.91. The maximum Gasteiger partial charge on any atom is 0.250 e. The number of aromatic nitrogens is 1. The maximum atomic E-state index is 11.6. The van der Waals surface area contributed by atoms with Crippen LogP contribution < -0.4 is 11.3 Å². The molecule has 0 radical (unpaired) electrons. The molecule has 0 spiro atoms. The summed E-state index contributed by atoms with van der Waals surface area (Å²) in [5.41, 5.74) is 6.29. The highest BCUT2D eigenvalue weighted by Gasteiger charge is 2.02. The zero-order chi connectivity index (χ0) is 13.0. The minimum Gasteiger partial charge on any atom is -0.398 e. The van der Waals surface area contributed by atoms with Crippen molar-refractivity contribution in [3.8, 4) is 0 Å². The quantitative estimate of drug-likeness (QED) is 0.892. The summed E-state index contributed by atoms with van der Waals surface area (Å²) < 4.78 is 1.65. The predicted molar refractivity (Wildman–Crippen MR) is 75.8 cm³/mol. The number of likely N-dealkylation sites (N-methyl/N-ethyl adjacent to an activating group) is 1. The van der Waals surface area contributed by atoms with Crippen LogP contribution in [0.2, 0.25) is 0 Å². The number of thiophene rings is 1. The van der Waals surface area contributed by atoms with Gasteiger partial charge in [0.05, 0.1) is 0 Å². The third kappa shape index (κ3) is 3.45. The number of nitrogens with zero attached hydrogens (tertiary/aromatic N) is 2. The second-order valence-electron chi connectivity index (χ2n) is 4.31. The predicted octanol–water partition coefficient (Wildman–Crippen LogP) is 1.62. The molecule has 0 unspecified atom stereocenters. The molecule has 0 fully saturated rings. The van der Waals surface area contributed by atoms with Crippen LogP contribution in [0.15, 0.2) is 40.6 Å². The van der Waals surface area contributed by atoms with Crippen LogP contribution in [0.1, 0.15) is 4.88 Å². The van der Waals surface area contributed by atoms with Crippen LogP contribution in [-0.2, 0) is 13.1 Å². The highest BCUT2D eigenvalue weighted by Crippen LogP contribution is 2.10. The summed E-state index contributed by atoms with van der Waals surface area (Å²) in [6.07, 6.45) is 1.70. The van der Waals surface area contributed by atoms with E-state index in [2.05, 4.69) is 29.5 Å². The van der Waals surface area contributed by atoms with Gasteiger partial charge in [-0.3, -0.25) is 9.69 Å². The Labute approximate surface area is 110 Å². The minimum atomic E-state index is -0.00581. The number of hydrogen-bond donors (Lipinski definition) is 1.